The Labute approximate surface area is 283 Å². The Morgan fingerprint density at radius 2 is 1.51 bits per heavy atom. The Hall–Kier alpha value is -4.34. The van der Waals surface area contributed by atoms with Crippen molar-refractivity contribution in [2.75, 3.05) is 24.5 Å². The first-order chi connectivity index (χ1) is 22.4. The number of ether oxygens (including phenoxy) is 1. The first-order valence-corrected chi connectivity index (χ1v) is 17.3. The van der Waals surface area contributed by atoms with Crippen LogP contribution in [0.4, 0.5) is 5.69 Å². The van der Waals surface area contributed by atoms with Gasteiger partial charge in [0.15, 0.2) is 0 Å². The van der Waals surface area contributed by atoms with Gasteiger partial charge in [-0.05, 0) is 72.9 Å². The summed E-state index contributed by atoms with van der Waals surface area (Å²) in [5.41, 5.74) is 3.44. The van der Waals surface area contributed by atoms with Crippen LogP contribution in [0.2, 0.25) is 5.02 Å². The van der Waals surface area contributed by atoms with Crippen LogP contribution in [0.5, 0.6) is 5.75 Å². The van der Waals surface area contributed by atoms with E-state index in [1.54, 1.807) is 48.5 Å². The summed E-state index contributed by atoms with van der Waals surface area (Å²) in [5, 5.41) is 3.47. The highest BCUT2D eigenvalue weighted by Crippen LogP contribution is 2.34. The fourth-order valence-electron chi connectivity index (χ4n) is 5.15. The quantitative estimate of drug-likeness (QED) is 0.163. The lowest BCUT2D eigenvalue weighted by Crippen LogP contribution is -2.53. The molecule has 10 heteroatoms. The van der Waals surface area contributed by atoms with E-state index in [2.05, 4.69) is 5.32 Å². The molecule has 47 heavy (non-hydrogen) atoms. The summed E-state index contributed by atoms with van der Waals surface area (Å²) in [7, 11) is -2.82. The third-order valence-corrected chi connectivity index (χ3v) is 9.70. The van der Waals surface area contributed by atoms with Gasteiger partial charge in [-0.25, -0.2) is 8.42 Å². The van der Waals surface area contributed by atoms with E-state index in [9.17, 15) is 18.0 Å². The van der Waals surface area contributed by atoms with E-state index < -0.39 is 28.5 Å². The van der Waals surface area contributed by atoms with Crippen molar-refractivity contribution in [3.63, 3.8) is 0 Å². The zero-order valence-electron chi connectivity index (χ0n) is 27.4. The highest BCUT2D eigenvalue weighted by molar-refractivity contribution is 7.92. The van der Waals surface area contributed by atoms with Gasteiger partial charge in [0.25, 0.3) is 10.0 Å². The van der Waals surface area contributed by atoms with E-state index >= 15 is 0 Å². The molecule has 1 N–H and O–H groups in total. The van der Waals surface area contributed by atoms with Crippen molar-refractivity contribution in [1.82, 2.24) is 10.2 Å². The Bertz CT molecular complexity index is 1780. The van der Waals surface area contributed by atoms with Gasteiger partial charge in [-0.1, -0.05) is 91.7 Å². The zero-order chi connectivity index (χ0) is 34.1. The molecule has 0 radical (unpaired) electrons. The minimum Gasteiger partial charge on any atom is -0.495 e. The standard InChI is InChI=1S/C37H42ClN3O5S/c1-26(2)23-39-37(43)34(22-29-10-7-6-8-11-29)40(24-30-12-9-13-31(38)21-30)36(42)25-41(33-20-28(4)16-19-35(33)46-5)47(44,45)32-17-14-27(3)15-18-32/h6-21,26,34H,22-25H2,1-5H3,(H,39,43)/t34-/m1/s1. The average Bonchev–Trinajstić information content (AvgIpc) is 3.04. The Morgan fingerprint density at radius 1 is 0.851 bits per heavy atom. The minimum absolute atomic E-state index is 0.0232. The van der Waals surface area contributed by atoms with E-state index in [1.165, 1.54) is 24.1 Å². The fraction of sp³-hybridized carbons (Fsp3) is 0.297. The molecule has 4 rings (SSSR count). The SMILES string of the molecule is COc1ccc(C)cc1N(CC(=O)N(Cc1cccc(Cl)c1)[C@H](Cc1ccccc1)C(=O)NCC(C)C)S(=O)(=O)c1ccc(C)cc1. The van der Waals surface area contributed by atoms with E-state index in [0.717, 1.165) is 21.0 Å². The van der Waals surface area contributed by atoms with Crippen molar-refractivity contribution in [1.29, 1.82) is 0 Å². The highest BCUT2D eigenvalue weighted by atomic mass is 35.5. The number of hydrogen-bond donors (Lipinski definition) is 1. The summed E-state index contributed by atoms with van der Waals surface area (Å²) in [5.74, 6) is -0.433. The lowest BCUT2D eigenvalue weighted by Gasteiger charge is -2.34. The van der Waals surface area contributed by atoms with Gasteiger partial charge >= 0.3 is 0 Å². The van der Waals surface area contributed by atoms with Gasteiger partial charge in [-0.3, -0.25) is 13.9 Å². The maximum Gasteiger partial charge on any atom is 0.264 e. The Morgan fingerprint density at radius 3 is 2.15 bits per heavy atom. The number of aryl methyl sites for hydroxylation is 2. The van der Waals surface area contributed by atoms with Gasteiger partial charge in [0.2, 0.25) is 11.8 Å². The van der Waals surface area contributed by atoms with Gasteiger partial charge in [-0.15, -0.1) is 0 Å². The molecule has 0 aliphatic carbocycles. The molecule has 1 atom stereocenters. The van der Waals surface area contributed by atoms with Crippen molar-refractivity contribution < 1.29 is 22.7 Å². The number of rotatable bonds is 14. The minimum atomic E-state index is -4.27. The van der Waals surface area contributed by atoms with Gasteiger partial charge in [0, 0.05) is 24.5 Å². The van der Waals surface area contributed by atoms with Gasteiger partial charge < -0.3 is 15.0 Å². The number of carbonyl (C=O) groups excluding carboxylic acids is 2. The molecule has 0 unspecified atom stereocenters. The number of sulfonamides is 1. The van der Waals surface area contributed by atoms with Crippen LogP contribution in [0.1, 0.15) is 36.1 Å². The fourth-order valence-corrected chi connectivity index (χ4v) is 6.78. The Balaban J connectivity index is 1.85. The molecule has 0 aliphatic heterocycles. The predicted octanol–water partition coefficient (Wildman–Crippen LogP) is 6.57. The smallest absolute Gasteiger partial charge is 0.264 e. The van der Waals surface area contributed by atoms with Gasteiger partial charge in [0.1, 0.15) is 18.3 Å². The number of anilines is 1. The zero-order valence-corrected chi connectivity index (χ0v) is 29.0. The first kappa shape index (κ1) is 35.5. The number of benzene rings is 4. The van der Waals surface area contributed by atoms with Gasteiger partial charge in [0.05, 0.1) is 17.7 Å². The number of halogens is 1. The lowest BCUT2D eigenvalue weighted by atomic mass is 10.0. The summed E-state index contributed by atoms with van der Waals surface area (Å²) in [4.78, 5) is 30.1. The monoisotopic (exact) mass is 675 g/mol. The van der Waals surface area contributed by atoms with Crippen LogP contribution in [0.15, 0.2) is 102 Å². The molecule has 0 fully saturated rings. The third-order valence-electron chi connectivity index (χ3n) is 7.69. The summed E-state index contributed by atoms with van der Waals surface area (Å²) in [6.07, 6.45) is 0.218. The highest BCUT2D eigenvalue weighted by Gasteiger charge is 2.35. The van der Waals surface area contributed by atoms with E-state index in [0.29, 0.717) is 17.1 Å². The molecule has 0 aromatic heterocycles. The average molecular weight is 676 g/mol. The second-order valence-corrected chi connectivity index (χ2v) is 14.3. The number of nitrogens with one attached hydrogen (secondary N) is 1. The molecule has 0 spiro atoms. The topological polar surface area (TPSA) is 96.0 Å². The van der Waals surface area contributed by atoms with Crippen LogP contribution in [0.25, 0.3) is 0 Å². The van der Waals surface area contributed by atoms with E-state index in [1.807, 2.05) is 64.1 Å². The summed E-state index contributed by atoms with van der Waals surface area (Å²) >= 11 is 6.33. The second kappa shape index (κ2) is 16.0. The summed E-state index contributed by atoms with van der Waals surface area (Å²) in [6, 6.07) is 27.2. The summed E-state index contributed by atoms with van der Waals surface area (Å²) < 4.78 is 35.4. The van der Waals surface area contributed by atoms with Crippen molar-refractivity contribution in [2.45, 2.75) is 51.6 Å². The normalized spacial score (nSPS) is 12.0. The Kier molecular flexibility index (Phi) is 12.1. The van der Waals surface area contributed by atoms with E-state index in [4.69, 9.17) is 16.3 Å². The van der Waals surface area contributed by atoms with E-state index in [-0.39, 0.29) is 41.1 Å². The van der Waals surface area contributed by atoms with Crippen molar-refractivity contribution in [2.24, 2.45) is 5.92 Å². The number of hydrogen-bond acceptors (Lipinski definition) is 5. The third kappa shape index (κ3) is 9.36. The van der Waals surface area contributed by atoms with Crippen LogP contribution >= 0.6 is 11.6 Å². The lowest BCUT2D eigenvalue weighted by molar-refractivity contribution is -0.140. The van der Waals surface area contributed by atoms with Crippen molar-refractivity contribution in [3.05, 3.63) is 124 Å². The molecule has 4 aromatic rings. The van der Waals surface area contributed by atoms with Crippen molar-refractivity contribution >= 4 is 39.1 Å². The molecular weight excluding hydrogens is 634 g/mol. The number of carbonyl (C=O) groups is 2. The number of amides is 2. The molecule has 2 amide bonds. The van der Waals surface area contributed by atoms with Crippen molar-refractivity contribution in [3.8, 4) is 5.75 Å². The summed E-state index contributed by atoms with van der Waals surface area (Å²) in [6.45, 7) is 7.54. The molecule has 0 saturated carbocycles. The second-order valence-electron chi connectivity index (χ2n) is 12.0. The maximum absolute atomic E-state index is 14.7. The number of nitrogens with zero attached hydrogens (tertiary/aromatic N) is 2. The van der Waals surface area contributed by atoms with Crippen LogP contribution in [0, 0.1) is 19.8 Å². The molecular formula is C37H42ClN3O5S. The van der Waals surface area contributed by atoms with Gasteiger partial charge in [-0.2, -0.15) is 0 Å². The maximum atomic E-state index is 14.7. The van der Waals surface area contributed by atoms with Crippen LogP contribution in [0.3, 0.4) is 0 Å². The first-order valence-electron chi connectivity index (χ1n) is 15.5. The predicted molar refractivity (Wildman–Crippen MR) is 187 cm³/mol. The molecule has 0 heterocycles. The molecule has 0 bridgehead atoms. The molecule has 0 saturated heterocycles. The molecule has 4 aromatic carbocycles. The molecule has 8 nitrogen and oxygen atoms in total. The largest absolute Gasteiger partial charge is 0.495 e. The van der Waals surface area contributed by atoms with Crippen LogP contribution < -0.4 is 14.4 Å². The molecule has 0 aliphatic rings. The molecule has 248 valence electrons. The number of methoxy groups -OCH3 is 1. The van der Waals surface area contributed by atoms with Crippen LogP contribution in [-0.4, -0.2) is 51.4 Å². The van der Waals surface area contributed by atoms with Crippen LogP contribution in [-0.2, 0) is 32.6 Å².